The molecule has 0 unspecified atom stereocenters. The monoisotopic (exact) mass is 380 g/mol. The van der Waals surface area contributed by atoms with Gasteiger partial charge in [0.25, 0.3) is 0 Å². The molecule has 0 aliphatic carbocycles. The fourth-order valence-electron chi connectivity index (χ4n) is 1.93. The molecule has 1 aromatic carbocycles. The maximum absolute atomic E-state index is 4.47. The van der Waals surface area contributed by atoms with E-state index in [1.165, 1.54) is 0 Å². The lowest BCUT2D eigenvalue weighted by molar-refractivity contribution is 0.801. The lowest BCUT2D eigenvalue weighted by atomic mass is 10.2. The highest BCUT2D eigenvalue weighted by atomic mass is 79.9. The first kappa shape index (κ1) is 12.7. The molecule has 6 heteroatoms. The summed E-state index contributed by atoms with van der Waals surface area (Å²) >= 11 is 6.84. The van der Waals surface area contributed by atoms with Gasteiger partial charge < -0.3 is 0 Å². The zero-order chi connectivity index (χ0) is 13.2. The first-order valence-electron chi connectivity index (χ1n) is 5.80. The number of nitrogens with zero attached hydrogens (tertiary/aromatic N) is 4. The third kappa shape index (κ3) is 2.55. The van der Waals surface area contributed by atoms with E-state index < -0.39 is 0 Å². The second-order valence-electron chi connectivity index (χ2n) is 4.10. The average Bonchev–Trinajstić information content (AvgIpc) is 2.86. The molecule has 0 amide bonds. The van der Waals surface area contributed by atoms with E-state index in [1.54, 1.807) is 10.9 Å². The topological polar surface area (TPSA) is 43.6 Å². The number of rotatable bonds is 3. The zero-order valence-electron chi connectivity index (χ0n) is 9.92. The van der Waals surface area contributed by atoms with Gasteiger partial charge in [-0.2, -0.15) is 0 Å². The van der Waals surface area contributed by atoms with Crippen LogP contribution in [0, 0.1) is 0 Å². The van der Waals surface area contributed by atoms with Gasteiger partial charge in [0.2, 0.25) is 0 Å². The highest BCUT2D eigenvalue weighted by molar-refractivity contribution is 9.10. The molecule has 2 heterocycles. The third-order valence-electron chi connectivity index (χ3n) is 2.79. The minimum absolute atomic E-state index is 0.865. The van der Waals surface area contributed by atoms with Gasteiger partial charge >= 0.3 is 0 Å². The van der Waals surface area contributed by atoms with E-state index >= 15 is 0 Å². The summed E-state index contributed by atoms with van der Waals surface area (Å²) in [6.45, 7) is 0. The molecule has 0 bridgehead atoms. The van der Waals surface area contributed by atoms with E-state index in [0.29, 0.717) is 0 Å². The Morgan fingerprint density at radius 1 is 1.26 bits per heavy atom. The molecular weight excluding hydrogens is 372 g/mol. The van der Waals surface area contributed by atoms with Crippen LogP contribution in [0.4, 0.5) is 0 Å². The van der Waals surface area contributed by atoms with Gasteiger partial charge in [-0.15, -0.1) is 5.10 Å². The van der Waals surface area contributed by atoms with E-state index in [-0.39, 0.29) is 0 Å². The summed E-state index contributed by atoms with van der Waals surface area (Å²) in [5, 5.41) is 10.3. The molecule has 0 saturated carbocycles. The number of aryl methyl sites for hydroxylation is 1. The Hall–Kier alpha value is -1.27. The summed E-state index contributed by atoms with van der Waals surface area (Å²) < 4.78 is 2.75. The summed E-state index contributed by atoms with van der Waals surface area (Å²) in [7, 11) is 0. The molecule has 0 N–H and O–H groups in total. The van der Waals surface area contributed by atoms with Crippen LogP contribution in [0.5, 0.6) is 0 Å². The maximum atomic E-state index is 4.47. The van der Waals surface area contributed by atoms with Crippen molar-refractivity contribution in [3.05, 3.63) is 46.8 Å². The fourth-order valence-corrected chi connectivity index (χ4v) is 2.69. The Balaban J connectivity index is 2.13. The molecule has 0 saturated heterocycles. The second-order valence-corrected chi connectivity index (χ2v) is 5.80. The van der Waals surface area contributed by atoms with Crippen molar-refractivity contribution in [2.75, 3.05) is 5.33 Å². The molecular formula is C13H10Br2N4. The second kappa shape index (κ2) is 5.38. The van der Waals surface area contributed by atoms with Crippen LogP contribution in [0.1, 0.15) is 5.69 Å². The highest BCUT2D eigenvalue weighted by Crippen LogP contribution is 2.22. The molecule has 4 nitrogen and oxygen atoms in total. The van der Waals surface area contributed by atoms with Crippen molar-refractivity contribution in [1.29, 1.82) is 0 Å². The van der Waals surface area contributed by atoms with Crippen molar-refractivity contribution in [2.45, 2.75) is 6.42 Å². The molecule has 0 radical (unpaired) electrons. The van der Waals surface area contributed by atoms with Crippen LogP contribution in [-0.4, -0.2) is 25.3 Å². The lowest BCUT2D eigenvalue weighted by Crippen LogP contribution is -1.97. The third-order valence-corrected chi connectivity index (χ3v) is 3.62. The van der Waals surface area contributed by atoms with E-state index in [9.17, 15) is 0 Å². The molecule has 0 aliphatic rings. The lowest BCUT2D eigenvalue weighted by Gasteiger charge is -2.04. The first-order valence-corrected chi connectivity index (χ1v) is 7.71. The fraction of sp³-hybridized carbons (Fsp3) is 0.154. The molecule has 3 aromatic rings. The molecule has 0 atom stereocenters. The number of hydrogen-bond acceptors (Lipinski definition) is 3. The van der Waals surface area contributed by atoms with Crippen LogP contribution in [0.2, 0.25) is 0 Å². The van der Waals surface area contributed by atoms with Gasteiger partial charge in [0, 0.05) is 27.8 Å². The predicted octanol–water partition coefficient (Wildman–Crippen LogP) is 3.52. The van der Waals surface area contributed by atoms with Gasteiger partial charge in [0.1, 0.15) is 0 Å². The van der Waals surface area contributed by atoms with Crippen molar-refractivity contribution in [3.63, 3.8) is 0 Å². The highest BCUT2D eigenvalue weighted by Gasteiger charge is 2.07. The van der Waals surface area contributed by atoms with Crippen molar-refractivity contribution in [1.82, 2.24) is 20.0 Å². The van der Waals surface area contributed by atoms with Crippen LogP contribution in [0.25, 0.3) is 16.6 Å². The number of hydrogen-bond donors (Lipinski definition) is 0. The molecule has 2 aromatic heterocycles. The summed E-state index contributed by atoms with van der Waals surface area (Å²) in [4.78, 5) is 4.47. The Labute approximate surface area is 127 Å². The number of halogens is 2. The van der Waals surface area contributed by atoms with E-state index in [0.717, 1.165) is 38.5 Å². The van der Waals surface area contributed by atoms with Crippen molar-refractivity contribution in [3.8, 4) is 5.69 Å². The summed E-state index contributed by atoms with van der Waals surface area (Å²) in [6.07, 6.45) is 4.60. The Kier molecular flexibility index (Phi) is 3.61. The van der Waals surface area contributed by atoms with E-state index in [2.05, 4.69) is 47.2 Å². The minimum Gasteiger partial charge on any atom is -0.253 e. The first-order chi connectivity index (χ1) is 9.28. The number of benzene rings is 1. The Morgan fingerprint density at radius 3 is 3.00 bits per heavy atom. The number of para-hydroxylation sites is 1. The van der Waals surface area contributed by atoms with Crippen molar-refractivity contribution in [2.24, 2.45) is 0 Å². The van der Waals surface area contributed by atoms with Gasteiger partial charge in [-0.3, -0.25) is 4.98 Å². The minimum atomic E-state index is 0.865. The van der Waals surface area contributed by atoms with Crippen LogP contribution >= 0.6 is 31.9 Å². The van der Waals surface area contributed by atoms with Crippen LogP contribution in [0.15, 0.2) is 41.1 Å². The standard InChI is InChI=1S/C13H10Br2N4/c14-5-4-11-8-19(18-17-11)12-3-1-2-9-6-10(15)7-16-13(9)12/h1-3,6-8H,4-5H2. The molecule has 0 aliphatic heterocycles. The SMILES string of the molecule is BrCCc1cn(-c2cccc3cc(Br)cnc23)nn1. The molecule has 3 rings (SSSR count). The Morgan fingerprint density at radius 2 is 2.16 bits per heavy atom. The van der Waals surface area contributed by atoms with Crippen LogP contribution < -0.4 is 0 Å². The van der Waals surface area contributed by atoms with Gasteiger partial charge in [-0.1, -0.05) is 33.3 Å². The molecule has 19 heavy (non-hydrogen) atoms. The summed E-state index contributed by atoms with van der Waals surface area (Å²) in [6, 6.07) is 8.07. The number of alkyl halides is 1. The maximum Gasteiger partial charge on any atom is 0.0960 e. The van der Waals surface area contributed by atoms with Crippen molar-refractivity contribution >= 4 is 42.8 Å². The summed E-state index contributed by atoms with van der Waals surface area (Å²) in [5.74, 6) is 0. The Bertz CT molecular complexity index is 723. The number of fused-ring (bicyclic) bond motifs is 1. The normalized spacial score (nSPS) is 11.1. The van der Waals surface area contributed by atoms with Crippen molar-refractivity contribution < 1.29 is 0 Å². The van der Waals surface area contributed by atoms with Gasteiger partial charge in [-0.05, 0) is 28.1 Å². The summed E-state index contributed by atoms with van der Waals surface area (Å²) in [5.41, 5.74) is 2.82. The van der Waals surface area contributed by atoms with Gasteiger partial charge in [-0.25, -0.2) is 4.68 Å². The van der Waals surface area contributed by atoms with Gasteiger partial charge in [0.05, 0.1) is 23.1 Å². The molecule has 0 fully saturated rings. The smallest absolute Gasteiger partial charge is 0.0960 e. The number of aromatic nitrogens is 4. The van der Waals surface area contributed by atoms with E-state index in [4.69, 9.17) is 0 Å². The molecule has 96 valence electrons. The van der Waals surface area contributed by atoms with E-state index in [1.807, 2.05) is 30.5 Å². The molecule has 0 spiro atoms. The average molecular weight is 382 g/mol. The van der Waals surface area contributed by atoms with Crippen LogP contribution in [-0.2, 0) is 6.42 Å². The van der Waals surface area contributed by atoms with Crippen LogP contribution in [0.3, 0.4) is 0 Å². The zero-order valence-corrected chi connectivity index (χ0v) is 13.1. The predicted molar refractivity (Wildman–Crippen MR) is 81.9 cm³/mol. The van der Waals surface area contributed by atoms with Gasteiger partial charge in [0.15, 0.2) is 0 Å². The largest absolute Gasteiger partial charge is 0.253 e. The number of pyridine rings is 1. The quantitative estimate of drug-likeness (QED) is 0.652.